The third-order valence-electron chi connectivity index (χ3n) is 3.77. The largest absolute Gasteiger partial charge is 0.347 e. The van der Waals surface area contributed by atoms with Crippen LogP contribution in [0.15, 0.2) is 12.1 Å². The molecule has 2 nitrogen and oxygen atoms in total. The fraction of sp³-hybridized carbons (Fsp3) is 0.438. The maximum absolute atomic E-state index is 11.2. The lowest BCUT2D eigenvalue weighted by Crippen LogP contribution is -1.97. The zero-order valence-electron chi connectivity index (χ0n) is 11.9. The number of aryl methyl sites for hydroxylation is 4. The normalized spacial score (nSPS) is 11.2. The first kappa shape index (κ1) is 12.9. The van der Waals surface area contributed by atoms with Gasteiger partial charge in [-0.15, -0.1) is 0 Å². The van der Waals surface area contributed by atoms with Crippen molar-refractivity contribution in [3.63, 3.8) is 0 Å². The summed E-state index contributed by atoms with van der Waals surface area (Å²) in [6, 6.07) is 4.46. The summed E-state index contributed by atoms with van der Waals surface area (Å²) >= 11 is 0. The highest BCUT2D eigenvalue weighted by Crippen LogP contribution is 2.29. The standard InChI is InChI=1S/C16H21NO/c1-10-8-11(2)16-15(9-10)14(7-6-12(3)18)13(4)17(16)5/h8-9H,6-7H2,1-5H3. The fourth-order valence-corrected chi connectivity index (χ4v) is 2.82. The number of aromatic nitrogens is 1. The molecular weight excluding hydrogens is 222 g/mol. The molecule has 2 rings (SSSR count). The van der Waals surface area contributed by atoms with E-state index in [2.05, 4.69) is 44.5 Å². The first-order valence-corrected chi connectivity index (χ1v) is 6.46. The number of hydrogen-bond acceptors (Lipinski definition) is 1. The number of fused-ring (bicyclic) bond motifs is 1. The molecular formula is C16H21NO. The summed E-state index contributed by atoms with van der Waals surface area (Å²) in [5.74, 6) is 0.260. The lowest BCUT2D eigenvalue weighted by atomic mass is 10.0. The second kappa shape index (κ2) is 4.60. The van der Waals surface area contributed by atoms with E-state index in [4.69, 9.17) is 0 Å². The van der Waals surface area contributed by atoms with Crippen molar-refractivity contribution in [3.05, 3.63) is 34.5 Å². The third-order valence-corrected chi connectivity index (χ3v) is 3.77. The van der Waals surface area contributed by atoms with Crippen LogP contribution >= 0.6 is 0 Å². The first-order chi connectivity index (χ1) is 8.41. The molecule has 0 aliphatic rings. The molecule has 0 unspecified atom stereocenters. The highest BCUT2D eigenvalue weighted by molar-refractivity contribution is 5.89. The van der Waals surface area contributed by atoms with E-state index in [1.807, 2.05) is 0 Å². The Morgan fingerprint density at radius 2 is 1.89 bits per heavy atom. The maximum atomic E-state index is 11.2. The molecule has 0 amide bonds. The summed E-state index contributed by atoms with van der Waals surface area (Å²) in [4.78, 5) is 11.2. The van der Waals surface area contributed by atoms with Crippen LogP contribution in [0.1, 0.15) is 35.7 Å². The van der Waals surface area contributed by atoms with Gasteiger partial charge in [0.05, 0.1) is 5.52 Å². The minimum atomic E-state index is 0.260. The minimum Gasteiger partial charge on any atom is -0.347 e. The Kier molecular flexibility index (Phi) is 3.29. The number of ketones is 1. The Balaban J connectivity index is 2.65. The molecule has 0 spiro atoms. The molecule has 96 valence electrons. The molecule has 1 aromatic carbocycles. The van der Waals surface area contributed by atoms with Gasteiger partial charge in [0, 0.05) is 24.5 Å². The van der Waals surface area contributed by atoms with Crippen LogP contribution in [0.2, 0.25) is 0 Å². The van der Waals surface area contributed by atoms with Crippen molar-refractivity contribution in [1.29, 1.82) is 0 Å². The molecule has 0 N–H and O–H groups in total. The van der Waals surface area contributed by atoms with E-state index in [-0.39, 0.29) is 5.78 Å². The molecule has 2 heteroatoms. The van der Waals surface area contributed by atoms with Crippen LogP contribution in [0.4, 0.5) is 0 Å². The molecule has 0 aliphatic heterocycles. The topological polar surface area (TPSA) is 22.0 Å². The lowest BCUT2D eigenvalue weighted by Gasteiger charge is -2.03. The Morgan fingerprint density at radius 3 is 2.50 bits per heavy atom. The highest BCUT2D eigenvalue weighted by atomic mass is 16.1. The van der Waals surface area contributed by atoms with Crippen LogP contribution in [-0.2, 0) is 18.3 Å². The van der Waals surface area contributed by atoms with Crippen LogP contribution in [-0.4, -0.2) is 10.4 Å². The van der Waals surface area contributed by atoms with E-state index in [0.29, 0.717) is 6.42 Å². The van der Waals surface area contributed by atoms with E-state index in [1.165, 1.54) is 33.3 Å². The summed E-state index contributed by atoms with van der Waals surface area (Å²) in [6.45, 7) is 8.09. The quantitative estimate of drug-likeness (QED) is 0.807. The SMILES string of the molecule is CC(=O)CCc1c(C)n(C)c2c(C)cc(C)cc12. The molecule has 18 heavy (non-hydrogen) atoms. The molecule has 0 radical (unpaired) electrons. The number of carbonyl (C=O) groups excluding carboxylic acids is 1. The number of Topliss-reactive ketones (excluding diaryl/α,β-unsaturated/α-hetero) is 1. The van der Waals surface area contributed by atoms with Gasteiger partial charge in [0.2, 0.25) is 0 Å². The van der Waals surface area contributed by atoms with Crippen LogP contribution in [0.3, 0.4) is 0 Å². The van der Waals surface area contributed by atoms with Gasteiger partial charge in [-0.2, -0.15) is 0 Å². The Hall–Kier alpha value is -1.57. The van der Waals surface area contributed by atoms with Gasteiger partial charge in [-0.1, -0.05) is 11.6 Å². The van der Waals surface area contributed by atoms with Crippen LogP contribution in [0.5, 0.6) is 0 Å². The average molecular weight is 243 g/mol. The van der Waals surface area contributed by atoms with Crippen molar-refractivity contribution in [2.45, 2.75) is 40.5 Å². The van der Waals surface area contributed by atoms with Gasteiger partial charge < -0.3 is 9.36 Å². The van der Waals surface area contributed by atoms with Crippen molar-refractivity contribution in [2.75, 3.05) is 0 Å². The van der Waals surface area contributed by atoms with Gasteiger partial charge >= 0.3 is 0 Å². The number of rotatable bonds is 3. The highest BCUT2D eigenvalue weighted by Gasteiger charge is 2.14. The zero-order valence-corrected chi connectivity index (χ0v) is 11.9. The second-order valence-corrected chi connectivity index (χ2v) is 5.30. The van der Waals surface area contributed by atoms with E-state index >= 15 is 0 Å². The predicted molar refractivity (Wildman–Crippen MR) is 76.1 cm³/mol. The van der Waals surface area contributed by atoms with Crippen LogP contribution in [0, 0.1) is 20.8 Å². The van der Waals surface area contributed by atoms with Gasteiger partial charge in [-0.05, 0) is 51.3 Å². The van der Waals surface area contributed by atoms with Crippen molar-refractivity contribution >= 4 is 16.7 Å². The summed E-state index contributed by atoms with van der Waals surface area (Å²) < 4.78 is 2.25. The lowest BCUT2D eigenvalue weighted by molar-refractivity contribution is -0.116. The summed E-state index contributed by atoms with van der Waals surface area (Å²) in [6.07, 6.45) is 1.48. The monoisotopic (exact) mass is 243 g/mol. The smallest absolute Gasteiger partial charge is 0.130 e. The molecule has 1 aromatic heterocycles. The molecule has 2 aromatic rings. The Labute approximate surface area is 109 Å². The van der Waals surface area contributed by atoms with Gasteiger partial charge in [-0.25, -0.2) is 0 Å². The van der Waals surface area contributed by atoms with E-state index in [1.54, 1.807) is 6.92 Å². The van der Waals surface area contributed by atoms with Crippen molar-refractivity contribution < 1.29 is 4.79 Å². The molecule has 0 bridgehead atoms. The maximum Gasteiger partial charge on any atom is 0.130 e. The van der Waals surface area contributed by atoms with Crippen molar-refractivity contribution in [2.24, 2.45) is 7.05 Å². The molecule has 0 fully saturated rings. The van der Waals surface area contributed by atoms with Gasteiger partial charge in [-0.3, -0.25) is 0 Å². The average Bonchev–Trinajstić information content (AvgIpc) is 2.49. The van der Waals surface area contributed by atoms with E-state index in [9.17, 15) is 4.79 Å². The van der Waals surface area contributed by atoms with Crippen molar-refractivity contribution in [1.82, 2.24) is 4.57 Å². The van der Waals surface area contributed by atoms with Crippen LogP contribution < -0.4 is 0 Å². The number of carbonyl (C=O) groups is 1. The van der Waals surface area contributed by atoms with Gasteiger partial charge in [0.1, 0.15) is 5.78 Å². The van der Waals surface area contributed by atoms with Crippen LogP contribution in [0.25, 0.3) is 10.9 Å². The zero-order chi connectivity index (χ0) is 13.4. The Bertz CT molecular complexity index is 620. The number of hydrogen-bond donors (Lipinski definition) is 0. The van der Waals surface area contributed by atoms with Crippen molar-refractivity contribution in [3.8, 4) is 0 Å². The summed E-state index contributed by atoms with van der Waals surface area (Å²) in [5, 5.41) is 1.31. The number of nitrogens with zero attached hydrogens (tertiary/aromatic N) is 1. The molecule has 0 saturated heterocycles. The molecule has 0 atom stereocenters. The molecule has 1 heterocycles. The van der Waals surface area contributed by atoms with E-state index < -0.39 is 0 Å². The summed E-state index contributed by atoms with van der Waals surface area (Å²) in [7, 11) is 2.11. The Morgan fingerprint density at radius 1 is 1.22 bits per heavy atom. The second-order valence-electron chi connectivity index (χ2n) is 5.30. The third kappa shape index (κ3) is 2.07. The van der Waals surface area contributed by atoms with Gasteiger partial charge in [0.25, 0.3) is 0 Å². The molecule has 0 aliphatic carbocycles. The van der Waals surface area contributed by atoms with Gasteiger partial charge in [0.15, 0.2) is 0 Å². The minimum absolute atomic E-state index is 0.260. The molecule has 0 saturated carbocycles. The predicted octanol–water partition coefficient (Wildman–Crippen LogP) is 3.63. The number of benzene rings is 1. The fourth-order valence-electron chi connectivity index (χ4n) is 2.82. The first-order valence-electron chi connectivity index (χ1n) is 6.46. The summed E-state index contributed by atoms with van der Waals surface area (Å²) in [5.41, 5.74) is 6.51. The van der Waals surface area contributed by atoms with E-state index in [0.717, 1.165) is 6.42 Å².